The minimum atomic E-state index is 0.788. The van der Waals surface area contributed by atoms with Gasteiger partial charge in [-0.25, -0.2) is 9.97 Å². The zero-order valence-corrected chi connectivity index (χ0v) is 16.1. The Hall–Kier alpha value is -2.96. The van der Waals surface area contributed by atoms with E-state index in [9.17, 15) is 0 Å². The van der Waals surface area contributed by atoms with E-state index in [4.69, 9.17) is 14.7 Å². The number of para-hydroxylation sites is 3. The van der Waals surface area contributed by atoms with E-state index in [2.05, 4.69) is 29.6 Å². The van der Waals surface area contributed by atoms with Gasteiger partial charge in [-0.15, -0.1) is 11.3 Å². The smallest absolute Gasteiger partial charge is 0.188 e. The van der Waals surface area contributed by atoms with Gasteiger partial charge in [0, 0.05) is 5.56 Å². The molecule has 6 heteroatoms. The van der Waals surface area contributed by atoms with Crippen LogP contribution in [0.2, 0.25) is 0 Å². The summed E-state index contributed by atoms with van der Waals surface area (Å²) >= 11 is 3.31. The Bertz CT molecular complexity index is 1230. The van der Waals surface area contributed by atoms with Gasteiger partial charge in [0.15, 0.2) is 5.13 Å². The zero-order chi connectivity index (χ0) is 18.2. The molecular weight excluding hydrogens is 374 g/mol. The van der Waals surface area contributed by atoms with Crippen LogP contribution in [0, 0.1) is 0 Å². The number of methoxy groups -OCH3 is 1. The molecule has 0 radical (unpaired) electrons. The Labute approximate surface area is 164 Å². The molecule has 1 N–H and O–H groups in total. The lowest BCUT2D eigenvalue weighted by Crippen LogP contribution is -1.92. The van der Waals surface area contributed by atoms with E-state index in [0.717, 1.165) is 42.9 Å². The van der Waals surface area contributed by atoms with Gasteiger partial charge < -0.3 is 10.1 Å². The molecule has 0 atom stereocenters. The van der Waals surface area contributed by atoms with Gasteiger partial charge in [0.2, 0.25) is 0 Å². The van der Waals surface area contributed by atoms with Crippen LogP contribution in [0.25, 0.3) is 31.0 Å². The van der Waals surface area contributed by atoms with Gasteiger partial charge in [0.05, 0.1) is 27.7 Å². The van der Waals surface area contributed by atoms with Gasteiger partial charge in [-0.1, -0.05) is 41.7 Å². The molecule has 27 heavy (non-hydrogen) atoms. The van der Waals surface area contributed by atoms with Crippen LogP contribution in [0.3, 0.4) is 0 Å². The van der Waals surface area contributed by atoms with Gasteiger partial charge in [0.25, 0.3) is 0 Å². The number of ether oxygens (including phenoxy) is 1. The number of aromatic nitrogens is 2. The maximum Gasteiger partial charge on any atom is 0.188 e. The zero-order valence-electron chi connectivity index (χ0n) is 14.5. The van der Waals surface area contributed by atoms with E-state index in [1.807, 2.05) is 42.5 Å². The van der Waals surface area contributed by atoms with Crippen LogP contribution in [-0.2, 0) is 0 Å². The third kappa shape index (κ3) is 2.93. The Kier molecular flexibility index (Phi) is 3.99. The van der Waals surface area contributed by atoms with Crippen LogP contribution in [0.15, 0.2) is 66.7 Å². The SMILES string of the molecule is COc1cccc2sc(Nc3ccccc3-c3nc4ccccc4s3)nc12. The molecule has 0 spiro atoms. The van der Waals surface area contributed by atoms with Crippen molar-refractivity contribution in [1.82, 2.24) is 9.97 Å². The quantitative estimate of drug-likeness (QED) is 0.390. The number of nitrogens with one attached hydrogen (secondary N) is 1. The summed E-state index contributed by atoms with van der Waals surface area (Å²) in [7, 11) is 1.67. The number of nitrogens with zero attached hydrogens (tertiary/aromatic N) is 2. The summed E-state index contributed by atoms with van der Waals surface area (Å²) in [6, 6.07) is 22.4. The van der Waals surface area contributed by atoms with Crippen molar-refractivity contribution in [2.24, 2.45) is 0 Å². The summed E-state index contributed by atoms with van der Waals surface area (Å²) in [5.41, 5.74) is 3.97. The lowest BCUT2D eigenvalue weighted by molar-refractivity contribution is 0.419. The second-order valence-corrected chi connectivity index (χ2v) is 8.04. The molecule has 0 amide bonds. The predicted octanol–water partition coefficient (Wildman–Crippen LogP) is 6.33. The molecule has 0 saturated heterocycles. The molecule has 5 aromatic rings. The lowest BCUT2D eigenvalue weighted by Gasteiger charge is -2.07. The molecule has 4 nitrogen and oxygen atoms in total. The highest BCUT2D eigenvalue weighted by atomic mass is 32.1. The van der Waals surface area contributed by atoms with Crippen molar-refractivity contribution in [2.45, 2.75) is 0 Å². The Morgan fingerprint density at radius 1 is 0.815 bits per heavy atom. The summed E-state index contributed by atoms with van der Waals surface area (Å²) < 4.78 is 7.70. The Balaban J connectivity index is 1.57. The minimum Gasteiger partial charge on any atom is -0.494 e. The maximum absolute atomic E-state index is 5.43. The first-order valence-corrected chi connectivity index (χ1v) is 10.1. The largest absolute Gasteiger partial charge is 0.494 e. The second kappa shape index (κ2) is 6.64. The topological polar surface area (TPSA) is 47.0 Å². The summed E-state index contributed by atoms with van der Waals surface area (Å²) in [5, 5.41) is 5.31. The van der Waals surface area contributed by atoms with E-state index in [-0.39, 0.29) is 0 Å². The highest BCUT2D eigenvalue weighted by Gasteiger charge is 2.13. The molecule has 0 aliphatic heterocycles. The van der Waals surface area contributed by atoms with Gasteiger partial charge in [-0.05, 0) is 36.4 Å². The third-order valence-electron chi connectivity index (χ3n) is 4.29. The summed E-state index contributed by atoms with van der Waals surface area (Å²) in [4.78, 5) is 9.52. The van der Waals surface area contributed by atoms with Crippen molar-refractivity contribution in [2.75, 3.05) is 12.4 Å². The lowest BCUT2D eigenvalue weighted by atomic mass is 10.2. The molecule has 0 aliphatic rings. The van der Waals surface area contributed by atoms with Crippen LogP contribution in [-0.4, -0.2) is 17.1 Å². The second-order valence-electron chi connectivity index (χ2n) is 5.98. The predicted molar refractivity (Wildman–Crippen MR) is 115 cm³/mol. The number of thiazole rings is 2. The summed E-state index contributed by atoms with van der Waals surface area (Å²) in [6.07, 6.45) is 0. The molecule has 3 aromatic carbocycles. The molecule has 132 valence electrons. The first kappa shape index (κ1) is 16.2. The highest BCUT2D eigenvalue weighted by Crippen LogP contribution is 2.38. The third-order valence-corrected chi connectivity index (χ3v) is 6.30. The van der Waals surface area contributed by atoms with E-state index in [1.54, 1.807) is 29.8 Å². The van der Waals surface area contributed by atoms with Gasteiger partial charge in [-0.2, -0.15) is 0 Å². The van der Waals surface area contributed by atoms with Crippen molar-refractivity contribution in [1.29, 1.82) is 0 Å². The minimum absolute atomic E-state index is 0.788. The molecule has 0 bridgehead atoms. The fourth-order valence-electron chi connectivity index (χ4n) is 3.02. The molecular formula is C21H15N3OS2. The van der Waals surface area contributed by atoms with E-state index in [0.29, 0.717) is 0 Å². The standard InChI is InChI=1S/C21H15N3OS2/c1-25-16-10-6-12-18-19(16)24-21(27-18)23-14-8-3-2-7-13(14)20-22-15-9-4-5-11-17(15)26-20/h2-12H,1H3,(H,23,24). The normalized spacial score (nSPS) is 11.1. The molecule has 2 aromatic heterocycles. The van der Waals surface area contributed by atoms with Crippen molar-refractivity contribution in [3.63, 3.8) is 0 Å². The van der Waals surface area contributed by atoms with Crippen LogP contribution in [0.5, 0.6) is 5.75 Å². The van der Waals surface area contributed by atoms with Crippen LogP contribution < -0.4 is 10.1 Å². The molecule has 0 fully saturated rings. The van der Waals surface area contributed by atoms with Crippen molar-refractivity contribution in [3.05, 3.63) is 66.7 Å². The van der Waals surface area contributed by atoms with E-state index < -0.39 is 0 Å². The van der Waals surface area contributed by atoms with Crippen LogP contribution in [0.4, 0.5) is 10.8 Å². The monoisotopic (exact) mass is 389 g/mol. The van der Waals surface area contributed by atoms with E-state index >= 15 is 0 Å². The molecule has 0 saturated carbocycles. The number of rotatable bonds is 4. The fraction of sp³-hybridized carbons (Fsp3) is 0.0476. The van der Waals surface area contributed by atoms with Crippen LogP contribution in [0.1, 0.15) is 0 Å². The molecule has 2 heterocycles. The number of benzene rings is 3. The molecule has 5 rings (SSSR count). The van der Waals surface area contributed by atoms with Crippen LogP contribution >= 0.6 is 22.7 Å². The molecule has 0 aliphatic carbocycles. The van der Waals surface area contributed by atoms with Gasteiger partial charge in [0.1, 0.15) is 16.3 Å². The highest BCUT2D eigenvalue weighted by molar-refractivity contribution is 7.22. The number of hydrogen-bond acceptors (Lipinski definition) is 6. The number of hydrogen-bond donors (Lipinski definition) is 1. The number of fused-ring (bicyclic) bond motifs is 2. The maximum atomic E-state index is 5.43. The molecule has 0 unspecified atom stereocenters. The van der Waals surface area contributed by atoms with E-state index in [1.165, 1.54) is 4.70 Å². The van der Waals surface area contributed by atoms with Crippen molar-refractivity contribution in [3.8, 4) is 16.3 Å². The fourth-order valence-corrected chi connectivity index (χ4v) is 4.92. The summed E-state index contributed by atoms with van der Waals surface area (Å²) in [6.45, 7) is 0. The number of anilines is 2. The van der Waals surface area contributed by atoms with Crippen molar-refractivity contribution >= 4 is 53.9 Å². The van der Waals surface area contributed by atoms with Gasteiger partial charge >= 0.3 is 0 Å². The first-order chi connectivity index (χ1) is 13.3. The average Bonchev–Trinajstić information content (AvgIpc) is 3.31. The Morgan fingerprint density at radius 3 is 2.52 bits per heavy atom. The van der Waals surface area contributed by atoms with Gasteiger partial charge in [-0.3, -0.25) is 0 Å². The van der Waals surface area contributed by atoms with Crippen molar-refractivity contribution < 1.29 is 4.74 Å². The first-order valence-electron chi connectivity index (χ1n) is 8.47. The summed E-state index contributed by atoms with van der Waals surface area (Å²) in [5.74, 6) is 0.788. The average molecular weight is 390 g/mol. The Morgan fingerprint density at radius 2 is 1.63 bits per heavy atom.